The summed E-state index contributed by atoms with van der Waals surface area (Å²) >= 11 is 0. The van der Waals surface area contributed by atoms with Crippen LogP contribution in [-0.4, -0.2) is 57.4 Å². The Morgan fingerprint density at radius 3 is 2.44 bits per heavy atom. The van der Waals surface area contributed by atoms with Gasteiger partial charge in [0.25, 0.3) is 5.91 Å². The van der Waals surface area contributed by atoms with E-state index in [-0.39, 0.29) is 42.1 Å². The molecule has 0 radical (unpaired) electrons. The number of carbonyl (C=O) groups excluding carboxylic acids is 3. The summed E-state index contributed by atoms with van der Waals surface area (Å²) in [7, 11) is -2.82. The van der Waals surface area contributed by atoms with E-state index in [4.69, 9.17) is 4.74 Å². The van der Waals surface area contributed by atoms with Gasteiger partial charge in [0.2, 0.25) is 10.0 Å². The van der Waals surface area contributed by atoms with Crippen molar-refractivity contribution in [2.45, 2.75) is 24.7 Å². The van der Waals surface area contributed by atoms with Crippen molar-refractivity contribution < 1.29 is 36.7 Å². The van der Waals surface area contributed by atoms with Crippen molar-refractivity contribution in [2.24, 2.45) is 5.92 Å². The molecular formula is C23H25FN2O7S. The zero-order chi connectivity index (χ0) is 24.9. The molecule has 11 heteroatoms. The summed E-state index contributed by atoms with van der Waals surface area (Å²) in [5, 5.41) is 2.34. The van der Waals surface area contributed by atoms with Crippen LogP contribution in [0.2, 0.25) is 0 Å². The molecule has 2 aromatic rings. The number of ether oxygens (including phenoxy) is 2. The van der Waals surface area contributed by atoms with Gasteiger partial charge in [-0.2, -0.15) is 4.31 Å². The summed E-state index contributed by atoms with van der Waals surface area (Å²) in [6, 6.07) is 10.1. The van der Waals surface area contributed by atoms with Crippen molar-refractivity contribution >= 4 is 33.6 Å². The largest absolute Gasteiger partial charge is 0.465 e. The number of nitrogens with one attached hydrogen (secondary N) is 1. The molecule has 1 heterocycles. The Labute approximate surface area is 196 Å². The Balaban J connectivity index is 1.55. The fourth-order valence-electron chi connectivity index (χ4n) is 3.60. The van der Waals surface area contributed by atoms with Gasteiger partial charge in [-0.1, -0.05) is 18.2 Å². The van der Waals surface area contributed by atoms with Crippen LogP contribution in [0.5, 0.6) is 0 Å². The highest BCUT2D eigenvalue weighted by Gasteiger charge is 2.35. The Bertz CT molecular complexity index is 1190. The molecule has 1 amide bonds. The molecule has 2 aromatic carbocycles. The average Bonchev–Trinajstić information content (AvgIpc) is 2.83. The van der Waals surface area contributed by atoms with Crippen LogP contribution in [0.4, 0.5) is 10.1 Å². The number of hydrogen-bond acceptors (Lipinski definition) is 7. The van der Waals surface area contributed by atoms with Crippen molar-refractivity contribution in [1.29, 1.82) is 0 Å². The Hall–Kier alpha value is -3.31. The lowest BCUT2D eigenvalue weighted by Gasteiger charge is -2.30. The maximum atomic E-state index is 13.8. The standard InChI is InChI=1S/C23H25FN2O7S/c1-15-7-8-19(18(24)13-15)25-21(27)14-33-22(28)16-9-11-26(12-10-16)34(30,31)20-6-4-3-5-17(20)23(29)32-2/h3-8,13,16H,9-12,14H2,1-2H3,(H,25,27). The van der Waals surface area contributed by atoms with E-state index in [9.17, 15) is 27.2 Å². The van der Waals surface area contributed by atoms with E-state index < -0.39 is 46.2 Å². The van der Waals surface area contributed by atoms with Crippen LogP contribution < -0.4 is 5.32 Å². The minimum atomic E-state index is -3.98. The Morgan fingerprint density at radius 2 is 1.79 bits per heavy atom. The van der Waals surface area contributed by atoms with Gasteiger partial charge in [-0.3, -0.25) is 9.59 Å². The number of benzene rings is 2. The number of halogens is 1. The quantitative estimate of drug-likeness (QED) is 0.590. The third-order valence-corrected chi connectivity index (χ3v) is 7.40. The second-order valence-corrected chi connectivity index (χ2v) is 9.71. The van der Waals surface area contributed by atoms with Crippen molar-refractivity contribution in [3.05, 3.63) is 59.4 Å². The monoisotopic (exact) mass is 492 g/mol. The zero-order valence-electron chi connectivity index (χ0n) is 18.7. The van der Waals surface area contributed by atoms with E-state index in [1.165, 1.54) is 47.8 Å². The molecule has 0 spiro atoms. The SMILES string of the molecule is COC(=O)c1ccccc1S(=O)(=O)N1CCC(C(=O)OCC(=O)Nc2ccc(C)cc2F)CC1. The molecule has 1 aliphatic heterocycles. The number of anilines is 1. The second kappa shape index (κ2) is 10.7. The molecule has 0 atom stereocenters. The molecule has 0 saturated carbocycles. The number of sulfonamides is 1. The number of amides is 1. The third kappa shape index (κ3) is 5.78. The lowest BCUT2D eigenvalue weighted by atomic mass is 9.98. The zero-order valence-corrected chi connectivity index (χ0v) is 19.6. The van der Waals surface area contributed by atoms with Gasteiger partial charge in [0.15, 0.2) is 6.61 Å². The Morgan fingerprint density at radius 1 is 1.12 bits per heavy atom. The van der Waals surface area contributed by atoms with Crippen molar-refractivity contribution in [1.82, 2.24) is 4.31 Å². The summed E-state index contributed by atoms with van der Waals surface area (Å²) in [6.07, 6.45) is 0.374. The molecule has 0 aliphatic carbocycles. The van der Waals surface area contributed by atoms with Crippen LogP contribution in [0.1, 0.15) is 28.8 Å². The lowest BCUT2D eigenvalue weighted by Crippen LogP contribution is -2.41. The highest BCUT2D eigenvalue weighted by molar-refractivity contribution is 7.89. The molecule has 0 bridgehead atoms. The lowest BCUT2D eigenvalue weighted by molar-refractivity contribution is -0.152. The average molecular weight is 493 g/mol. The molecule has 1 fully saturated rings. The minimum absolute atomic E-state index is 0.0163. The van der Waals surface area contributed by atoms with Gasteiger partial charge in [-0.15, -0.1) is 0 Å². The molecule has 182 valence electrons. The van der Waals surface area contributed by atoms with Crippen LogP contribution in [0.3, 0.4) is 0 Å². The van der Waals surface area contributed by atoms with E-state index >= 15 is 0 Å². The summed E-state index contributed by atoms with van der Waals surface area (Å²) in [5.74, 6) is -3.27. The minimum Gasteiger partial charge on any atom is -0.465 e. The van der Waals surface area contributed by atoms with Gasteiger partial charge < -0.3 is 14.8 Å². The molecule has 34 heavy (non-hydrogen) atoms. The molecular weight excluding hydrogens is 467 g/mol. The maximum absolute atomic E-state index is 13.8. The second-order valence-electron chi connectivity index (χ2n) is 7.81. The number of carbonyl (C=O) groups is 3. The van der Waals surface area contributed by atoms with E-state index in [0.717, 1.165) is 0 Å². The summed E-state index contributed by atoms with van der Waals surface area (Å²) < 4.78 is 50.9. The number of methoxy groups -OCH3 is 1. The van der Waals surface area contributed by atoms with Gasteiger partial charge in [0, 0.05) is 13.1 Å². The number of esters is 2. The molecule has 0 aromatic heterocycles. The molecule has 1 N–H and O–H groups in total. The summed E-state index contributed by atoms with van der Waals surface area (Å²) in [6.45, 7) is 1.21. The number of hydrogen-bond donors (Lipinski definition) is 1. The number of piperidine rings is 1. The summed E-state index contributed by atoms with van der Waals surface area (Å²) in [4.78, 5) is 36.2. The van der Waals surface area contributed by atoms with E-state index in [0.29, 0.717) is 5.56 Å². The van der Waals surface area contributed by atoms with Crippen LogP contribution in [0.15, 0.2) is 47.4 Å². The highest BCUT2D eigenvalue weighted by atomic mass is 32.2. The number of aryl methyl sites for hydroxylation is 1. The van der Waals surface area contributed by atoms with Crippen molar-refractivity contribution in [2.75, 3.05) is 32.1 Å². The highest BCUT2D eigenvalue weighted by Crippen LogP contribution is 2.27. The fraction of sp³-hybridized carbons (Fsp3) is 0.348. The molecule has 0 unspecified atom stereocenters. The predicted octanol–water partition coefficient (Wildman–Crippen LogP) is 2.50. The smallest absolute Gasteiger partial charge is 0.339 e. The van der Waals surface area contributed by atoms with E-state index in [1.807, 2.05) is 0 Å². The first-order valence-corrected chi connectivity index (χ1v) is 12.0. The fourth-order valence-corrected chi connectivity index (χ4v) is 5.25. The first-order valence-electron chi connectivity index (χ1n) is 10.5. The molecule has 1 saturated heterocycles. The van der Waals surface area contributed by atoms with Crippen LogP contribution in [0, 0.1) is 18.7 Å². The molecule has 3 rings (SSSR count). The molecule has 1 aliphatic rings. The number of rotatable bonds is 7. The first kappa shape index (κ1) is 25.3. The third-order valence-electron chi connectivity index (χ3n) is 5.44. The number of nitrogens with zero attached hydrogens (tertiary/aromatic N) is 1. The van der Waals surface area contributed by atoms with Gasteiger partial charge in [-0.05, 0) is 49.6 Å². The molecule has 9 nitrogen and oxygen atoms in total. The van der Waals surface area contributed by atoms with Crippen LogP contribution in [0.25, 0.3) is 0 Å². The van der Waals surface area contributed by atoms with Crippen LogP contribution in [-0.2, 0) is 29.1 Å². The van der Waals surface area contributed by atoms with E-state index in [2.05, 4.69) is 10.1 Å². The topological polar surface area (TPSA) is 119 Å². The van der Waals surface area contributed by atoms with Crippen molar-refractivity contribution in [3.8, 4) is 0 Å². The van der Waals surface area contributed by atoms with Gasteiger partial charge >= 0.3 is 11.9 Å². The first-order chi connectivity index (χ1) is 16.1. The normalized spacial score (nSPS) is 14.9. The van der Waals surface area contributed by atoms with Gasteiger partial charge in [0.05, 0.1) is 29.2 Å². The van der Waals surface area contributed by atoms with E-state index in [1.54, 1.807) is 13.0 Å². The summed E-state index contributed by atoms with van der Waals surface area (Å²) in [5.41, 5.74) is 0.615. The predicted molar refractivity (Wildman–Crippen MR) is 120 cm³/mol. The Kier molecular flexibility index (Phi) is 8.00. The van der Waals surface area contributed by atoms with Crippen LogP contribution >= 0.6 is 0 Å². The maximum Gasteiger partial charge on any atom is 0.339 e. The van der Waals surface area contributed by atoms with Gasteiger partial charge in [-0.25, -0.2) is 17.6 Å². The van der Waals surface area contributed by atoms with Crippen molar-refractivity contribution in [3.63, 3.8) is 0 Å². The van der Waals surface area contributed by atoms with Gasteiger partial charge in [0.1, 0.15) is 5.82 Å².